The minimum absolute atomic E-state index is 0.00323. The van der Waals surface area contributed by atoms with E-state index in [1.165, 1.54) is 39.2 Å². The smallest absolute Gasteiger partial charge is 0.323 e. The molecule has 2 amide bonds. The Balaban J connectivity index is 1.22. The Morgan fingerprint density at radius 2 is 1.05 bits per heavy atom. The number of imide groups is 1. The van der Waals surface area contributed by atoms with Gasteiger partial charge in [-0.05, 0) is 150 Å². The number of hydrogen-bond acceptors (Lipinski definition) is 4. The molecule has 0 bridgehead atoms. The second-order valence-electron chi connectivity index (χ2n) is 25.1. The number of rotatable bonds is 15. The second kappa shape index (κ2) is 18.0. The maximum absolute atomic E-state index is 13.9. The summed E-state index contributed by atoms with van der Waals surface area (Å²) < 4.78 is 2.59. The highest BCUT2D eigenvalue weighted by atomic mass is 16.4. The van der Waals surface area contributed by atoms with Crippen molar-refractivity contribution in [1.29, 1.82) is 0 Å². The molecule has 1 N–H and O–H groups in total. The Morgan fingerprint density at radius 1 is 0.548 bits per heavy atom. The molecular weight excluding hydrogens is 899 g/mol. The van der Waals surface area contributed by atoms with Gasteiger partial charge in [-0.25, -0.2) is 0 Å². The Morgan fingerprint density at radius 3 is 1.58 bits per heavy atom. The van der Waals surface area contributed by atoms with Crippen LogP contribution in [0.1, 0.15) is 153 Å². The first-order chi connectivity index (χ1) is 34.5. The highest BCUT2D eigenvalue weighted by Gasteiger charge is 2.36. The van der Waals surface area contributed by atoms with Gasteiger partial charge in [0.25, 0.3) is 11.8 Å². The molecule has 1 atom stereocenters. The fraction of sp³-hybridized carbons (Fsp3) is 0.379. The average Bonchev–Trinajstić information content (AvgIpc) is 3.63. The van der Waals surface area contributed by atoms with E-state index in [9.17, 15) is 19.5 Å². The van der Waals surface area contributed by atoms with Crippen LogP contribution < -0.4 is 4.90 Å². The van der Waals surface area contributed by atoms with Gasteiger partial charge in [-0.15, -0.1) is 0 Å². The third-order valence-electron chi connectivity index (χ3n) is 16.0. The average molecular weight is 972 g/mol. The van der Waals surface area contributed by atoms with Crippen LogP contribution in [-0.2, 0) is 22.2 Å². The largest absolute Gasteiger partial charge is 0.480 e. The molecular formula is C66H73N3O4. The van der Waals surface area contributed by atoms with E-state index in [2.05, 4.69) is 184 Å². The van der Waals surface area contributed by atoms with Crippen LogP contribution in [0.15, 0.2) is 115 Å². The highest BCUT2D eigenvalue weighted by Crippen LogP contribution is 2.49. The van der Waals surface area contributed by atoms with Crippen LogP contribution >= 0.6 is 0 Å². The van der Waals surface area contributed by atoms with Crippen molar-refractivity contribution in [3.05, 3.63) is 138 Å². The summed E-state index contributed by atoms with van der Waals surface area (Å²) in [5, 5.41) is 19.9. The van der Waals surface area contributed by atoms with Gasteiger partial charge in [0.05, 0.1) is 11.0 Å². The molecule has 7 heteroatoms. The first-order valence-electron chi connectivity index (χ1n) is 26.7. The molecule has 0 radical (unpaired) electrons. The van der Waals surface area contributed by atoms with Gasteiger partial charge < -0.3 is 14.6 Å². The molecule has 0 spiro atoms. The summed E-state index contributed by atoms with van der Waals surface area (Å²) in [5.74, 6) is -1.93. The zero-order valence-electron chi connectivity index (χ0n) is 45.2. The van der Waals surface area contributed by atoms with Crippen molar-refractivity contribution < 1.29 is 19.5 Å². The van der Waals surface area contributed by atoms with Crippen molar-refractivity contribution in [2.75, 3.05) is 11.4 Å². The zero-order valence-corrected chi connectivity index (χ0v) is 45.2. The number of hydrogen-bond donors (Lipinski definition) is 1. The fourth-order valence-corrected chi connectivity index (χ4v) is 13.4. The van der Waals surface area contributed by atoms with Crippen molar-refractivity contribution in [3.63, 3.8) is 0 Å². The van der Waals surface area contributed by atoms with Crippen LogP contribution in [0, 0.1) is 16.7 Å². The molecule has 376 valence electrons. The Bertz CT molecular complexity index is 3540. The number of benzene rings is 8. The van der Waals surface area contributed by atoms with Crippen LogP contribution in [0.4, 0.5) is 17.1 Å². The van der Waals surface area contributed by atoms with Crippen LogP contribution in [0.3, 0.4) is 0 Å². The van der Waals surface area contributed by atoms with E-state index in [4.69, 9.17) is 0 Å². The van der Waals surface area contributed by atoms with E-state index < -0.39 is 24.3 Å². The van der Waals surface area contributed by atoms with Gasteiger partial charge in [-0.3, -0.25) is 19.3 Å². The fourth-order valence-electron chi connectivity index (χ4n) is 13.4. The molecule has 1 unspecified atom stereocenters. The maximum Gasteiger partial charge on any atom is 0.323 e. The molecule has 10 rings (SSSR count). The quantitative estimate of drug-likeness (QED) is 0.0629. The second-order valence-corrected chi connectivity index (χ2v) is 25.1. The van der Waals surface area contributed by atoms with Gasteiger partial charge in [0.1, 0.15) is 6.54 Å². The minimum atomic E-state index is -1.23. The summed E-state index contributed by atoms with van der Waals surface area (Å²) in [5.41, 5.74) is 9.41. The number of carboxylic acids is 1. The first-order valence-corrected chi connectivity index (χ1v) is 26.7. The molecule has 73 heavy (non-hydrogen) atoms. The molecule has 8 aromatic carbocycles. The summed E-state index contributed by atoms with van der Waals surface area (Å²) >= 11 is 0. The van der Waals surface area contributed by atoms with Crippen molar-refractivity contribution in [3.8, 4) is 0 Å². The predicted octanol–water partition coefficient (Wildman–Crippen LogP) is 17.6. The molecule has 1 aliphatic rings. The number of nitrogens with zero attached hydrogens (tertiary/aromatic N) is 3. The van der Waals surface area contributed by atoms with Gasteiger partial charge in [-0.2, -0.15) is 0 Å². The molecule has 0 saturated carbocycles. The van der Waals surface area contributed by atoms with E-state index in [0.29, 0.717) is 22.4 Å². The molecule has 0 aliphatic carbocycles. The lowest BCUT2D eigenvalue weighted by Crippen LogP contribution is -2.43. The third kappa shape index (κ3) is 8.80. The Labute approximate surface area is 431 Å². The molecule has 9 aromatic rings. The number of carboxylic acid groups (broad SMARTS) is 1. The first kappa shape index (κ1) is 49.8. The number of fused-ring (bicyclic) bond motifs is 6. The van der Waals surface area contributed by atoms with Crippen molar-refractivity contribution in [1.82, 2.24) is 9.47 Å². The Kier molecular flexibility index (Phi) is 12.3. The number of anilines is 3. The molecule has 0 fully saturated rings. The van der Waals surface area contributed by atoms with Gasteiger partial charge in [0.15, 0.2) is 0 Å². The van der Waals surface area contributed by atoms with E-state index in [1.807, 2.05) is 12.1 Å². The third-order valence-corrected chi connectivity index (χ3v) is 16.0. The van der Waals surface area contributed by atoms with E-state index in [-0.39, 0.29) is 21.7 Å². The summed E-state index contributed by atoms with van der Waals surface area (Å²) in [6, 6.07) is 42.2. The van der Waals surface area contributed by atoms with E-state index in [0.717, 1.165) is 98.4 Å². The standard InChI is InChI=1S/C66H73N3O4/c1-13-15-17-40(14-2)36-67-54-34-45(69(43-24-20-41(21-25-43)65(9,10)38-63(3,4)5)44-26-22-42(23-27-44)66(11,12)39-64(6,7)8)28-29-49(54)58-50-19-16-18-46-47-30-32-51-60-52(62(73)68(61(51)72)37-56(70)71)33-31-48(59(47)60)53(57(46)50)35-55(58)67/h16,18-35,40H,13-15,17,36-39H2,1-12H3,(H,70,71). The van der Waals surface area contributed by atoms with Crippen molar-refractivity contribution in [2.45, 2.75) is 139 Å². The van der Waals surface area contributed by atoms with E-state index in [1.54, 1.807) is 12.1 Å². The SMILES string of the molecule is CCCCC(CC)Cn1c2cc(N(c3ccc(C(C)(C)CC(C)(C)C)cc3)c3ccc(C(C)(C)CC(C)(C)C)cc3)ccc2c2c3cccc4c5ccc6c7c(ccc(c(cc21)c43)c75)C(=O)N(CC(=O)O)C6=O. The minimum Gasteiger partial charge on any atom is -0.480 e. The van der Waals surface area contributed by atoms with Crippen LogP contribution in [0.25, 0.3) is 64.9 Å². The lowest BCUT2D eigenvalue weighted by atomic mass is 9.72. The Hall–Kier alpha value is -6.73. The van der Waals surface area contributed by atoms with E-state index >= 15 is 0 Å². The van der Waals surface area contributed by atoms with Gasteiger partial charge >= 0.3 is 5.97 Å². The van der Waals surface area contributed by atoms with Crippen LogP contribution in [0.2, 0.25) is 0 Å². The lowest BCUT2D eigenvalue weighted by Gasteiger charge is -2.34. The van der Waals surface area contributed by atoms with Gasteiger partial charge in [-0.1, -0.05) is 163 Å². The summed E-state index contributed by atoms with van der Waals surface area (Å²) in [6.45, 7) is 28.2. The van der Waals surface area contributed by atoms with Gasteiger partial charge in [0, 0.05) is 50.9 Å². The molecule has 1 aromatic heterocycles. The number of aromatic nitrogens is 1. The molecule has 0 saturated heterocycles. The molecule has 1 aliphatic heterocycles. The summed E-state index contributed by atoms with van der Waals surface area (Å²) in [7, 11) is 0. The summed E-state index contributed by atoms with van der Waals surface area (Å²) in [4.78, 5) is 43.0. The summed E-state index contributed by atoms with van der Waals surface area (Å²) in [6.07, 6.45) is 6.65. The maximum atomic E-state index is 13.9. The zero-order chi connectivity index (χ0) is 52.1. The van der Waals surface area contributed by atoms with Crippen molar-refractivity contribution in [2.24, 2.45) is 16.7 Å². The molecule has 7 nitrogen and oxygen atoms in total. The van der Waals surface area contributed by atoms with Crippen molar-refractivity contribution >= 4 is 99.7 Å². The lowest BCUT2D eigenvalue weighted by molar-refractivity contribution is -0.137. The number of amides is 2. The highest BCUT2D eigenvalue weighted by molar-refractivity contribution is 6.41. The number of carbonyl (C=O) groups excluding carboxylic acids is 2. The monoisotopic (exact) mass is 972 g/mol. The number of unbranched alkanes of at least 4 members (excludes halogenated alkanes) is 1. The number of carbonyl (C=O) groups is 3. The number of aliphatic carboxylic acids is 1. The van der Waals surface area contributed by atoms with Crippen LogP contribution in [0.5, 0.6) is 0 Å². The molecule has 2 heterocycles. The normalized spacial score (nSPS) is 14.3. The predicted molar refractivity (Wildman–Crippen MR) is 306 cm³/mol. The van der Waals surface area contributed by atoms with Gasteiger partial charge in [0.2, 0.25) is 0 Å². The topological polar surface area (TPSA) is 82.8 Å². The van der Waals surface area contributed by atoms with Crippen LogP contribution in [-0.4, -0.2) is 38.9 Å².